The highest BCUT2D eigenvalue weighted by atomic mass is 32.1. The van der Waals surface area contributed by atoms with Gasteiger partial charge in [0.25, 0.3) is 0 Å². The van der Waals surface area contributed by atoms with Crippen LogP contribution in [0.2, 0.25) is 0 Å². The molecule has 11 aromatic rings. The van der Waals surface area contributed by atoms with Gasteiger partial charge in [-0.3, -0.25) is 0 Å². The molecule has 0 atom stereocenters. The van der Waals surface area contributed by atoms with Crippen LogP contribution in [0.25, 0.3) is 108 Å². The molecule has 11 rings (SSSR count). The predicted octanol–water partition coefficient (Wildman–Crippen LogP) is 13.9. The Hall–Kier alpha value is -5.96. The van der Waals surface area contributed by atoms with Crippen molar-refractivity contribution in [1.29, 1.82) is 0 Å². The minimum atomic E-state index is 0.922. The summed E-state index contributed by atoms with van der Waals surface area (Å²) in [7, 11) is 0. The van der Waals surface area contributed by atoms with Gasteiger partial charge in [-0.25, -0.2) is 0 Å². The maximum Gasteiger partial charge on any atom is 0.135 e. The fourth-order valence-corrected chi connectivity index (χ4v) is 9.31. The lowest BCUT2D eigenvalue weighted by Crippen LogP contribution is -1.92. The molecule has 0 saturated carbocycles. The Morgan fingerprint density at radius 1 is 0.354 bits per heavy atom. The quantitative estimate of drug-likeness (QED) is 0.140. The zero-order chi connectivity index (χ0) is 31.3. The Balaban J connectivity index is 1.14. The van der Waals surface area contributed by atoms with Crippen LogP contribution in [-0.4, -0.2) is 0 Å². The molecule has 0 unspecified atom stereocenters. The first-order valence-corrected chi connectivity index (χ1v) is 17.2. The molecule has 0 spiro atoms. The smallest absolute Gasteiger partial charge is 0.135 e. The zero-order valence-corrected chi connectivity index (χ0v) is 26.6. The van der Waals surface area contributed by atoms with Gasteiger partial charge in [0, 0.05) is 30.9 Å². The Bertz CT molecular complexity index is 2990. The summed E-state index contributed by atoms with van der Waals surface area (Å²) >= 11 is 1.90. The molecular weight excluding hydrogens is 601 g/mol. The number of thiophene rings is 1. The van der Waals surface area contributed by atoms with Crippen molar-refractivity contribution in [2.45, 2.75) is 0 Å². The molecule has 0 saturated heterocycles. The van der Waals surface area contributed by atoms with Gasteiger partial charge in [0.2, 0.25) is 0 Å². The Kier molecular flexibility index (Phi) is 5.32. The van der Waals surface area contributed by atoms with Gasteiger partial charge in [-0.15, -0.1) is 11.3 Å². The van der Waals surface area contributed by atoms with Crippen molar-refractivity contribution in [3.05, 3.63) is 158 Å². The normalized spacial score (nSPS) is 12.2. The average Bonchev–Trinajstić information content (AvgIpc) is 3.72. The van der Waals surface area contributed by atoms with Crippen molar-refractivity contribution in [2.24, 2.45) is 0 Å². The molecule has 0 bridgehead atoms. The lowest BCUT2D eigenvalue weighted by molar-refractivity contribution is 0.669. The van der Waals surface area contributed by atoms with Gasteiger partial charge < -0.3 is 4.42 Å². The van der Waals surface area contributed by atoms with Crippen LogP contribution >= 0.6 is 11.3 Å². The van der Waals surface area contributed by atoms with Crippen LogP contribution in [-0.2, 0) is 0 Å². The molecule has 2 heteroatoms. The van der Waals surface area contributed by atoms with E-state index in [0.29, 0.717) is 0 Å². The Labute approximate surface area is 280 Å². The van der Waals surface area contributed by atoms with E-state index < -0.39 is 0 Å². The van der Waals surface area contributed by atoms with Crippen molar-refractivity contribution < 1.29 is 4.42 Å². The summed E-state index contributed by atoms with van der Waals surface area (Å²) in [5.74, 6) is 0. The van der Waals surface area contributed by atoms with Crippen molar-refractivity contribution in [3.8, 4) is 33.4 Å². The molecule has 1 nitrogen and oxygen atoms in total. The summed E-state index contributed by atoms with van der Waals surface area (Å²) in [6.07, 6.45) is 0. The molecule has 0 aliphatic carbocycles. The van der Waals surface area contributed by atoms with E-state index in [0.717, 1.165) is 21.9 Å². The number of furan rings is 1. The third kappa shape index (κ3) is 3.61. The predicted molar refractivity (Wildman–Crippen MR) is 207 cm³/mol. The van der Waals surface area contributed by atoms with Crippen LogP contribution in [0.1, 0.15) is 0 Å². The summed E-state index contributed by atoms with van der Waals surface area (Å²) in [6.45, 7) is 0. The highest BCUT2D eigenvalue weighted by Crippen LogP contribution is 2.49. The molecule has 0 aliphatic heterocycles. The first kappa shape index (κ1) is 26.1. The molecule has 9 aromatic carbocycles. The second-order valence-electron chi connectivity index (χ2n) is 12.8. The summed E-state index contributed by atoms with van der Waals surface area (Å²) in [5, 5.41) is 12.8. The van der Waals surface area contributed by atoms with Crippen LogP contribution in [0.15, 0.2) is 162 Å². The fourth-order valence-electron chi connectivity index (χ4n) is 8.14. The van der Waals surface area contributed by atoms with Gasteiger partial charge in [-0.2, -0.15) is 0 Å². The van der Waals surface area contributed by atoms with Gasteiger partial charge >= 0.3 is 0 Å². The molecular formula is C46H26OS. The van der Waals surface area contributed by atoms with Gasteiger partial charge in [-0.05, 0) is 102 Å². The molecule has 0 N–H and O–H groups in total. The Morgan fingerprint density at radius 2 is 0.917 bits per heavy atom. The van der Waals surface area contributed by atoms with Gasteiger partial charge in [0.1, 0.15) is 11.2 Å². The van der Waals surface area contributed by atoms with E-state index in [2.05, 4.69) is 146 Å². The van der Waals surface area contributed by atoms with Crippen molar-refractivity contribution in [1.82, 2.24) is 0 Å². The first-order chi connectivity index (χ1) is 23.8. The third-order valence-corrected chi connectivity index (χ3v) is 11.3. The molecule has 2 aromatic heterocycles. The molecule has 0 fully saturated rings. The van der Waals surface area contributed by atoms with E-state index in [1.807, 2.05) is 23.5 Å². The summed E-state index contributed by atoms with van der Waals surface area (Å²) in [6, 6.07) is 57.8. The highest BCUT2D eigenvalue weighted by molar-refractivity contribution is 7.26. The van der Waals surface area contributed by atoms with Crippen LogP contribution in [0.3, 0.4) is 0 Å². The molecule has 0 radical (unpaired) electrons. The highest BCUT2D eigenvalue weighted by Gasteiger charge is 2.21. The van der Waals surface area contributed by atoms with E-state index >= 15 is 0 Å². The van der Waals surface area contributed by atoms with Crippen molar-refractivity contribution in [2.75, 3.05) is 0 Å². The minimum Gasteiger partial charge on any atom is -0.456 e. The van der Waals surface area contributed by atoms with Gasteiger partial charge in [0.05, 0.1) is 0 Å². The van der Waals surface area contributed by atoms with E-state index in [-0.39, 0.29) is 0 Å². The van der Waals surface area contributed by atoms with E-state index in [1.54, 1.807) is 0 Å². The van der Waals surface area contributed by atoms with E-state index in [4.69, 9.17) is 4.42 Å². The largest absolute Gasteiger partial charge is 0.456 e. The third-order valence-electron chi connectivity index (χ3n) is 10.2. The average molecular weight is 627 g/mol. The zero-order valence-electron chi connectivity index (χ0n) is 25.8. The number of para-hydroxylation sites is 1. The molecule has 0 aliphatic rings. The fraction of sp³-hybridized carbons (Fsp3) is 0. The maximum absolute atomic E-state index is 6.10. The number of hydrogen-bond donors (Lipinski definition) is 0. The molecule has 48 heavy (non-hydrogen) atoms. The van der Waals surface area contributed by atoms with Crippen LogP contribution < -0.4 is 0 Å². The van der Waals surface area contributed by atoms with Crippen LogP contribution in [0, 0.1) is 0 Å². The number of benzene rings is 9. The molecule has 0 amide bonds. The second-order valence-corrected chi connectivity index (χ2v) is 13.9. The van der Waals surface area contributed by atoms with Crippen molar-refractivity contribution in [3.63, 3.8) is 0 Å². The van der Waals surface area contributed by atoms with Crippen LogP contribution in [0.5, 0.6) is 0 Å². The maximum atomic E-state index is 6.10. The van der Waals surface area contributed by atoms with Crippen LogP contribution in [0.4, 0.5) is 0 Å². The summed E-state index contributed by atoms with van der Waals surface area (Å²) < 4.78 is 8.81. The van der Waals surface area contributed by atoms with Crippen molar-refractivity contribution >= 4 is 85.8 Å². The second kappa shape index (κ2) is 9.78. The number of hydrogen-bond acceptors (Lipinski definition) is 2. The summed E-state index contributed by atoms with van der Waals surface area (Å²) in [5.41, 5.74) is 9.34. The Morgan fingerprint density at radius 3 is 1.67 bits per heavy atom. The minimum absolute atomic E-state index is 0.922. The standard InChI is InChI=1S/C46H26OS/c1-3-13-34-32(11-1)43(28-21-19-27(20-22-28)29-23-24-40-37(25-29)31-10-5-6-16-39(31)47-40)33-12-2-4-14-35(33)45(34)38-26-30-9-7-17-41-44(30)46-36(38)15-8-18-42(46)48-41/h1-26H. The summed E-state index contributed by atoms with van der Waals surface area (Å²) in [4.78, 5) is 0. The van der Waals surface area contributed by atoms with E-state index in [1.165, 1.54) is 85.9 Å². The SMILES string of the molecule is c1ccc2c(c1)oc1ccc(-c3ccc(-c4c5ccccc5c(-c5cc6cccc7sc8cccc5c8c67)c5ccccc45)cc3)cc12. The monoisotopic (exact) mass is 626 g/mol. The number of fused-ring (bicyclic) bond motifs is 5. The molecule has 222 valence electrons. The van der Waals surface area contributed by atoms with Gasteiger partial charge in [-0.1, -0.05) is 121 Å². The van der Waals surface area contributed by atoms with E-state index in [9.17, 15) is 0 Å². The topological polar surface area (TPSA) is 13.1 Å². The number of rotatable bonds is 3. The lowest BCUT2D eigenvalue weighted by Gasteiger charge is -2.19. The molecule has 2 heterocycles. The lowest BCUT2D eigenvalue weighted by atomic mass is 9.83. The first-order valence-electron chi connectivity index (χ1n) is 16.4. The van der Waals surface area contributed by atoms with Gasteiger partial charge in [0.15, 0.2) is 0 Å².